The predicted molar refractivity (Wildman–Crippen MR) is 117 cm³/mol. The average Bonchev–Trinajstić information content (AvgIpc) is 2.71. The Kier molecular flexibility index (Phi) is 11.6. The number of unbranched alkanes of at least 4 members (excludes halogenated alkanes) is 1. The molecule has 1 saturated heterocycles. The Morgan fingerprint density at radius 2 is 1.59 bits per heavy atom. The van der Waals surface area contributed by atoms with Crippen LogP contribution < -0.4 is 0 Å². The number of hydrogen-bond donors (Lipinski definition) is 0. The van der Waals surface area contributed by atoms with Gasteiger partial charge in [-0.3, -0.25) is 0 Å². The number of piperidine rings is 1. The summed E-state index contributed by atoms with van der Waals surface area (Å²) in [5.41, 5.74) is 0. The Balaban J connectivity index is 0.000000298. The molecule has 0 aromatic heterocycles. The van der Waals surface area contributed by atoms with Crippen LogP contribution in [0.1, 0.15) is 32.1 Å². The first kappa shape index (κ1) is 25.7. The van der Waals surface area contributed by atoms with Gasteiger partial charge in [-0.1, -0.05) is 18.0 Å². The Morgan fingerprint density at radius 1 is 1.03 bits per heavy atom. The molecule has 1 fully saturated rings. The number of rotatable bonds is 7. The maximum absolute atomic E-state index is 12.2. The second-order valence-corrected chi connectivity index (χ2v) is 9.70. The Bertz CT molecular complexity index is 705. The molecule has 0 spiro atoms. The van der Waals surface area contributed by atoms with Gasteiger partial charge in [-0.25, -0.2) is 13.2 Å². The fourth-order valence-corrected chi connectivity index (χ4v) is 4.53. The summed E-state index contributed by atoms with van der Waals surface area (Å²) in [7, 11) is 3.94. The molecule has 0 aliphatic carbocycles. The highest BCUT2D eigenvalue weighted by Crippen LogP contribution is 2.21. The van der Waals surface area contributed by atoms with E-state index in [9.17, 15) is 13.2 Å². The summed E-state index contributed by atoms with van der Waals surface area (Å²) in [4.78, 5) is 15.0. The van der Waals surface area contributed by atoms with E-state index < -0.39 is 10.0 Å². The lowest BCUT2D eigenvalue weighted by Crippen LogP contribution is -2.35. The molecule has 0 bridgehead atoms. The van der Waals surface area contributed by atoms with Crippen LogP contribution in [0.4, 0.5) is 4.79 Å². The smallest absolute Gasteiger partial charge is 0.409 e. The molecule has 1 aliphatic rings. The van der Waals surface area contributed by atoms with E-state index in [2.05, 4.69) is 9.64 Å². The molecule has 0 atom stereocenters. The van der Waals surface area contributed by atoms with E-state index in [1.54, 1.807) is 40.5 Å². The predicted octanol–water partition coefficient (Wildman–Crippen LogP) is 3.54. The minimum atomic E-state index is -3.30. The van der Waals surface area contributed by atoms with Gasteiger partial charge in [0.25, 0.3) is 0 Å². The zero-order chi connectivity index (χ0) is 21.9. The SMILES string of the molecule is COC(=O)N(C)CCCCN(C)C.O=S(=O)(c1ccc(Cl)cc1)N1CCCCC1. The first-order valence-electron chi connectivity index (χ1n) is 9.88. The lowest BCUT2D eigenvalue weighted by atomic mass is 10.2. The van der Waals surface area contributed by atoms with E-state index in [0.717, 1.165) is 45.2 Å². The summed E-state index contributed by atoms with van der Waals surface area (Å²) >= 11 is 5.74. The van der Waals surface area contributed by atoms with E-state index in [4.69, 9.17) is 11.6 Å². The van der Waals surface area contributed by atoms with E-state index >= 15 is 0 Å². The average molecular weight is 448 g/mol. The number of hydrogen-bond acceptors (Lipinski definition) is 5. The van der Waals surface area contributed by atoms with Crippen LogP contribution in [0.5, 0.6) is 0 Å². The van der Waals surface area contributed by atoms with Crippen LogP contribution in [-0.4, -0.2) is 83.0 Å². The molecule has 1 aromatic rings. The van der Waals surface area contributed by atoms with E-state index in [1.165, 1.54) is 7.11 Å². The third-order valence-electron chi connectivity index (χ3n) is 4.60. The topological polar surface area (TPSA) is 70.2 Å². The standard InChI is InChI=1S/C11H14ClNO2S.C9H20N2O2/c12-10-4-6-11(7-5-10)16(14,15)13-8-2-1-3-9-13;1-10(2)7-5-6-8-11(3)9(12)13-4/h4-7H,1-3,8-9H2;5-8H2,1-4H3. The normalized spacial score (nSPS) is 14.8. The van der Waals surface area contributed by atoms with Gasteiger partial charge >= 0.3 is 6.09 Å². The van der Waals surface area contributed by atoms with E-state index in [0.29, 0.717) is 23.0 Å². The molecule has 0 unspecified atom stereocenters. The summed E-state index contributed by atoms with van der Waals surface area (Å²) in [6.45, 7) is 3.09. The highest BCUT2D eigenvalue weighted by atomic mass is 35.5. The molecular weight excluding hydrogens is 414 g/mol. The zero-order valence-electron chi connectivity index (χ0n) is 17.9. The first-order chi connectivity index (χ1) is 13.7. The van der Waals surface area contributed by atoms with Crippen molar-refractivity contribution in [3.63, 3.8) is 0 Å². The first-order valence-corrected chi connectivity index (χ1v) is 11.7. The van der Waals surface area contributed by atoms with Gasteiger partial charge in [0.15, 0.2) is 0 Å². The molecule has 1 amide bonds. The molecule has 0 radical (unpaired) electrons. The van der Waals surface area contributed by atoms with Gasteiger partial charge in [0.2, 0.25) is 10.0 Å². The van der Waals surface area contributed by atoms with Crippen molar-refractivity contribution in [1.29, 1.82) is 0 Å². The van der Waals surface area contributed by atoms with Gasteiger partial charge in [-0.15, -0.1) is 0 Å². The largest absolute Gasteiger partial charge is 0.453 e. The van der Waals surface area contributed by atoms with Crippen LogP contribution in [0.15, 0.2) is 29.2 Å². The molecule has 29 heavy (non-hydrogen) atoms. The molecule has 0 N–H and O–H groups in total. The second-order valence-electron chi connectivity index (χ2n) is 7.32. The maximum Gasteiger partial charge on any atom is 0.409 e. The quantitative estimate of drug-likeness (QED) is 0.598. The van der Waals surface area contributed by atoms with Gasteiger partial charge in [0.05, 0.1) is 12.0 Å². The second kappa shape index (κ2) is 13.1. The van der Waals surface area contributed by atoms with Crippen molar-refractivity contribution in [2.45, 2.75) is 37.0 Å². The zero-order valence-corrected chi connectivity index (χ0v) is 19.5. The number of halogens is 1. The monoisotopic (exact) mass is 447 g/mol. The molecule has 1 aliphatic heterocycles. The van der Waals surface area contributed by atoms with Crippen molar-refractivity contribution in [2.75, 3.05) is 54.4 Å². The fraction of sp³-hybridized carbons (Fsp3) is 0.650. The number of methoxy groups -OCH3 is 1. The number of nitrogens with zero attached hydrogens (tertiary/aromatic N) is 3. The van der Waals surface area contributed by atoms with Crippen molar-refractivity contribution in [3.05, 3.63) is 29.3 Å². The molecule has 2 rings (SSSR count). The summed E-state index contributed by atoms with van der Waals surface area (Å²) < 4.78 is 30.5. The Hall–Kier alpha value is -1.35. The third-order valence-corrected chi connectivity index (χ3v) is 6.77. The number of ether oxygens (including phenoxy) is 1. The van der Waals surface area contributed by atoms with Gasteiger partial charge < -0.3 is 14.5 Å². The summed E-state index contributed by atoms with van der Waals surface area (Å²) in [5.74, 6) is 0. The number of amides is 1. The van der Waals surface area contributed by atoms with Crippen molar-refractivity contribution in [2.24, 2.45) is 0 Å². The number of sulfonamides is 1. The van der Waals surface area contributed by atoms with Gasteiger partial charge in [0.1, 0.15) is 0 Å². The van der Waals surface area contributed by atoms with Gasteiger partial charge in [-0.05, 0) is 70.6 Å². The van der Waals surface area contributed by atoms with Crippen LogP contribution in [0.25, 0.3) is 0 Å². The van der Waals surface area contributed by atoms with Crippen molar-refractivity contribution in [1.82, 2.24) is 14.1 Å². The number of carbonyl (C=O) groups excluding carboxylic acids is 1. The molecular formula is C20H34ClN3O4S. The molecule has 1 heterocycles. The highest BCUT2D eigenvalue weighted by Gasteiger charge is 2.25. The minimum absolute atomic E-state index is 0.259. The van der Waals surface area contributed by atoms with E-state index in [-0.39, 0.29) is 6.09 Å². The Labute approximate surface area is 180 Å². The summed E-state index contributed by atoms with van der Waals surface area (Å²) in [5, 5.41) is 0.553. The van der Waals surface area contributed by atoms with Crippen LogP contribution in [0.3, 0.4) is 0 Å². The maximum atomic E-state index is 12.2. The summed E-state index contributed by atoms with van der Waals surface area (Å²) in [6.07, 6.45) is 4.88. The molecule has 9 heteroatoms. The number of carbonyl (C=O) groups is 1. The highest BCUT2D eigenvalue weighted by molar-refractivity contribution is 7.89. The number of benzene rings is 1. The molecule has 166 valence electrons. The lowest BCUT2D eigenvalue weighted by Gasteiger charge is -2.25. The van der Waals surface area contributed by atoms with Crippen LogP contribution >= 0.6 is 11.6 Å². The summed E-state index contributed by atoms with van der Waals surface area (Å²) in [6, 6.07) is 6.34. The van der Waals surface area contributed by atoms with Crippen LogP contribution in [-0.2, 0) is 14.8 Å². The molecule has 7 nitrogen and oxygen atoms in total. The van der Waals surface area contributed by atoms with Crippen molar-refractivity contribution in [3.8, 4) is 0 Å². The third kappa shape index (κ3) is 9.33. The molecule has 1 aromatic carbocycles. The van der Waals surface area contributed by atoms with Crippen LogP contribution in [0, 0.1) is 0 Å². The minimum Gasteiger partial charge on any atom is -0.453 e. The molecule has 0 saturated carbocycles. The van der Waals surface area contributed by atoms with Crippen molar-refractivity contribution < 1.29 is 17.9 Å². The van der Waals surface area contributed by atoms with Gasteiger partial charge in [0, 0.05) is 31.7 Å². The lowest BCUT2D eigenvalue weighted by molar-refractivity contribution is 0.132. The van der Waals surface area contributed by atoms with Crippen molar-refractivity contribution >= 4 is 27.7 Å². The van der Waals surface area contributed by atoms with Gasteiger partial charge in [-0.2, -0.15) is 4.31 Å². The van der Waals surface area contributed by atoms with E-state index in [1.807, 2.05) is 14.1 Å². The fourth-order valence-electron chi connectivity index (χ4n) is 2.89. The Morgan fingerprint density at radius 3 is 2.10 bits per heavy atom. The van der Waals surface area contributed by atoms with Crippen LogP contribution in [0.2, 0.25) is 5.02 Å².